The van der Waals surface area contributed by atoms with E-state index in [0.717, 1.165) is 25.5 Å². The van der Waals surface area contributed by atoms with Crippen LogP contribution in [0.1, 0.15) is 12.2 Å². The Balaban J connectivity index is 1.89. The maximum absolute atomic E-state index is 12.1. The predicted molar refractivity (Wildman–Crippen MR) is 68.2 cm³/mol. The fourth-order valence-corrected chi connectivity index (χ4v) is 2.31. The molecule has 6 nitrogen and oxygen atoms in total. The van der Waals surface area contributed by atoms with Gasteiger partial charge in [-0.15, -0.1) is 0 Å². The number of carbonyl (C=O) groups excluding carboxylic acids is 1. The normalized spacial score (nSPS) is 22.3. The number of ketones is 1. The van der Waals surface area contributed by atoms with Gasteiger partial charge in [-0.2, -0.15) is 5.10 Å². The molecule has 100 valence electrons. The summed E-state index contributed by atoms with van der Waals surface area (Å²) < 4.78 is 1.66. The lowest BCUT2D eigenvalue weighted by molar-refractivity contribution is -0.120. The molecule has 1 saturated heterocycles. The van der Waals surface area contributed by atoms with Crippen LogP contribution in [0.2, 0.25) is 0 Å². The van der Waals surface area contributed by atoms with Crippen molar-refractivity contribution in [3.8, 4) is 0 Å². The van der Waals surface area contributed by atoms with Crippen LogP contribution in [-0.4, -0.2) is 70.1 Å². The van der Waals surface area contributed by atoms with Gasteiger partial charge in [0.25, 0.3) is 0 Å². The van der Waals surface area contributed by atoms with Crippen molar-refractivity contribution in [1.29, 1.82) is 0 Å². The molecule has 0 amide bonds. The van der Waals surface area contributed by atoms with Crippen molar-refractivity contribution in [1.82, 2.24) is 24.6 Å². The Morgan fingerprint density at radius 2 is 2.17 bits per heavy atom. The van der Waals surface area contributed by atoms with E-state index in [0.29, 0.717) is 18.9 Å². The summed E-state index contributed by atoms with van der Waals surface area (Å²) in [6.07, 6.45) is 2.46. The van der Waals surface area contributed by atoms with Gasteiger partial charge in [-0.05, 0) is 14.1 Å². The number of aryl methyl sites for hydroxylation is 1. The highest BCUT2D eigenvalue weighted by Gasteiger charge is 2.24. The van der Waals surface area contributed by atoms with Crippen LogP contribution in [0.4, 0.5) is 0 Å². The fourth-order valence-electron chi connectivity index (χ4n) is 2.31. The summed E-state index contributed by atoms with van der Waals surface area (Å²) >= 11 is 0. The third-order valence-corrected chi connectivity index (χ3v) is 3.60. The van der Waals surface area contributed by atoms with Gasteiger partial charge in [0.15, 0.2) is 0 Å². The van der Waals surface area contributed by atoms with Gasteiger partial charge in [0.1, 0.15) is 17.9 Å². The highest BCUT2D eigenvalue weighted by atomic mass is 16.1. The van der Waals surface area contributed by atoms with Crippen molar-refractivity contribution in [2.24, 2.45) is 7.05 Å². The first kappa shape index (κ1) is 13.2. The topological polar surface area (TPSA) is 54.3 Å². The van der Waals surface area contributed by atoms with E-state index in [-0.39, 0.29) is 5.78 Å². The third-order valence-electron chi connectivity index (χ3n) is 3.60. The number of Topliss-reactive ketones (excluding diaryl/α,β-unsaturated/α-hetero) is 1. The molecule has 1 atom stereocenters. The van der Waals surface area contributed by atoms with Crippen LogP contribution in [0.25, 0.3) is 0 Å². The first-order valence-electron chi connectivity index (χ1n) is 6.29. The Morgan fingerprint density at radius 3 is 2.83 bits per heavy atom. The molecule has 1 unspecified atom stereocenters. The van der Waals surface area contributed by atoms with E-state index in [9.17, 15) is 4.79 Å². The average Bonchev–Trinajstić information content (AvgIpc) is 2.70. The van der Waals surface area contributed by atoms with Crippen LogP contribution in [0.3, 0.4) is 0 Å². The highest BCUT2D eigenvalue weighted by molar-refractivity contribution is 5.80. The lowest BCUT2D eigenvalue weighted by atomic mass is 10.0. The standard InChI is InChI=1S/C12H21N5O/c1-15-4-5-16(2)10(8-15)6-11(18)7-12-13-9-14-17(12)3/h9-10H,4-8H2,1-3H3. The zero-order valence-corrected chi connectivity index (χ0v) is 11.3. The molecule has 6 heteroatoms. The Labute approximate surface area is 108 Å². The third kappa shape index (κ3) is 3.14. The van der Waals surface area contributed by atoms with Gasteiger partial charge in [-0.25, -0.2) is 4.98 Å². The summed E-state index contributed by atoms with van der Waals surface area (Å²) in [4.78, 5) is 20.7. The average molecular weight is 251 g/mol. The van der Waals surface area contributed by atoms with Crippen molar-refractivity contribution in [2.75, 3.05) is 33.7 Å². The SMILES string of the molecule is CN1CCN(C)C(CC(=O)Cc2ncnn2C)C1. The Morgan fingerprint density at radius 1 is 1.39 bits per heavy atom. The molecule has 18 heavy (non-hydrogen) atoms. The second kappa shape index (κ2) is 5.58. The molecule has 0 spiro atoms. The van der Waals surface area contributed by atoms with Gasteiger partial charge in [-0.1, -0.05) is 0 Å². The molecule has 2 rings (SSSR count). The van der Waals surface area contributed by atoms with Gasteiger partial charge >= 0.3 is 0 Å². The van der Waals surface area contributed by atoms with Gasteiger partial charge in [-0.3, -0.25) is 9.48 Å². The second-order valence-electron chi connectivity index (χ2n) is 5.12. The smallest absolute Gasteiger partial charge is 0.142 e. The molecule has 2 heterocycles. The number of hydrogen-bond donors (Lipinski definition) is 0. The largest absolute Gasteiger partial charge is 0.304 e. The summed E-state index contributed by atoms with van der Waals surface area (Å²) in [5.41, 5.74) is 0. The lowest BCUT2D eigenvalue weighted by Gasteiger charge is -2.37. The van der Waals surface area contributed by atoms with Crippen molar-refractivity contribution in [2.45, 2.75) is 18.9 Å². The van der Waals surface area contributed by atoms with Gasteiger partial charge < -0.3 is 9.80 Å². The number of likely N-dealkylation sites (N-methyl/N-ethyl adjacent to an activating group) is 2. The zero-order chi connectivity index (χ0) is 13.1. The highest BCUT2D eigenvalue weighted by Crippen LogP contribution is 2.11. The van der Waals surface area contributed by atoms with E-state index in [4.69, 9.17) is 0 Å². The Bertz CT molecular complexity index is 416. The van der Waals surface area contributed by atoms with Crippen LogP contribution in [0.5, 0.6) is 0 Å². The van der Waals surface area contributed by atoms with Crippen molar-refractivity contribution in [3.05, 3.63) is 12.2 Å². The van der Waals surface area contributed by atoms with Crippen LogP contribution in [0, 0.1) is 0 Å². The number of piperazine rings is 1. The van der Waals surface area contributed by atoms with E-state index in [2.05, 4.69) is 34.0 Å². The molecule has 1 fully saturated rings. The molecule has 1 aromatic rings. The molecule has 1 aromatic heterocycles. The Kier molecular flexibility index (Phi) is 4.08. The molecular formula is C12H21N5O. The van der Waals surface area contributed by atoms with Crippen LogP contribution in [0.15, 0.2) is 6.33 Å². The van der Waals surface area contributed by atoms with E-state index < -0.39 is 0 Å². The van der Waals surface area contributed by atoms with Crippen molar-refractivity contribution >= 4 is 5.78 Å². The first-order valence-corrected chi connectivity index (χ1v) is 6.29. The number of nitrogens with zero attached hydrogens (tertiary/aromatic N) is 5. The van der Waals surface area contributed by atoms with Crippen LogP contribution in [-0.2, 0) is 18.3 Å². The molecular weight excluding hydrogens is 230 g/mol. The number of aromatic nitrogens is 3. The molecule has 0 N–H and O–H groups in total. The van der Waals surface area contributed by atoms with E-state index in [1.54, 1.807) is 4.68 Å². The Hall–Kier alpha value is -1.27. The number of carbonyl (C=O) groups is 1. The monoisotopic (exact) mass is 251 g/mol. The molecule has 0 radical (unpaired) electrons. The first-order chi connectivity index (χ1) is 8.56. The zero-order valence-electron chi connectivity index (χ0n) is 11.3. The van der Waals surface area contributed by atoms with Gasteiger partial charge in [0, 0.05) is 39.1 Å². The molecule has 1 aliphatic heterocycles. The minimum Gasteiger partial charge on any atom is -0.304 e. The molecule has 0 saturated carbocycles. The maximum atomic E-state index is 12.1. The van der Waals surface area contributed by atoms with Crippen molar-refractivity contribution in [3.63, 3.8) is 0 Å². The minimum atomic E-state index is 0.234. The summed E-state index contributed by atoms with van der Waals surface area (Å²) in [7, 11) is 6.01. The molecule has 0 aliphatic carbocycles. The number of hydrogen-bond acceptors (Lipinski definition) is 5. The van der Waals surface area contributed by atoms with Crippen LogP contribution < -0.4 is 0 Å². The van der Waals surface area contributed by atoms with Gasteiger partial charge in [0.05, 0.1) is 6.42 Å². The summed E-state index contributed by atoms with van der Waals surface area (Å²) in [5.74, 6) is 0.977. The van der Waals surface area contributed by atoms with Crippen LogP contribution >= 0.6 is 0 Å². The van der Waals surface area contributed by atoms with E-state index >= 15 is 0 Å². The predicted octanol–water partition coefficient (Wildman–Crippen LogP) is -0.437. The summed E-state index contributed by atoms with van der Waals surface area (Å²) in [6, 6.07) is 0.324. The lowest BCUT2D eigenvalue weighted by Crippen LogP contribution is -2.50. The molecule has 0 bridgehead atoms. The quantitative estimate of drug-likeness (QED) is 0.726. The maximum Gasteiger partial charge on any atom is 0.142 e. The fraction of sp³-hybridized carbons (Fsp3) is 0.750. The molecule has 1 aliphatic rings. The molecule has 0 aromatic carbocycles. The second-order valence-corrected chi connectivity index (χ2v) is 5.12. The summed E-state index contributed by atoms with van der Waals surface area (Å²) in [5, 5.41) is 3.98. The van der Waals surface area contributed by atoms with E-state index in [1.165, 1.54) is 6.33 Å². The number of rotatable bonds is 4. The van der Waals surface area contributed by atoms with Gasteiger partial charge in [0.2, 0.25) is 0 Å². The summed E-state index contributed by atoms with van der Waals surface area (Å²) in [6.45, 7) is 3.06. The van der Waals surface area contributed by atoms with E-state index in [1.807, 2.05) is 7.05 Å². The minimum absolute atomic E-state index is 0.234. The van der Waals surface area contributed by atoms with Crippen molar-refractivity contribution < 1.29 is 4.79 Å².